The van der Waals surface area contributed by atoms with Crippen LogP contribution in [0.5, 0.6) is 0 Å². The number of aryl methyl sites for hydroxylation is 4. The van der Waals surface area contributed by atoms with Gasteiger partial charge in [0.05, 0.1) is 17.2 Å². The second-order valence-corrected chi connectivity index (χ2v) is 4.33. The molecule has 1 N–H and O–H groups in total. The molecule has 0 spiro atoms. The summed E-state index contributed by atoms with van der Waals surface area (Å²) >= 11 is 0. The monoisotopic (exact) mass is 245 g/mol. The van der Waals surface area contributed by atoms with Crippen LogP contribution < -0.4 is 0 Å². The van der Waals surface area contributed by atoms with E-state index in [9.17, 15) is 0 Å². The van der Waals surface area contributed by atoms with Crippen molar-refractivity contribution in [2.24, 2.45) is 0 Å². The van der Waals surface area contributed by atoms with Crippen LogP contribution in [0, 0.1) is 27.7 Å². The van der Waals surface area contributed by atoms with Gasteiger partial charge >= 0.3 is 0 Å². The van der Waals surface area contributed by atoms with E-state index in [1.54, 1.807) is 6.20 Å². The maximum Gasteiger partial charge on any atom is 0.191 e. The molecule has 0 atom stereocenters. The molecule has 2 aromatic heterocycles. The molecule has 3 rings (SSSR count). The fourth-order valence-corrected chi connectivity index (χ4v) is 1.72. The van der Waals surface area contributed by atoms with Crippen molar-refractivity contribution in [3.63, 3.8) is 0 Å². The number of aromatic nitrogens is 3. The third-order valence-corrected chi connectivity index (χ3v) is 2.49. The average molecular weight is 245 g/mol. The molecular weight excluding hydrogens is 226 g/mol. The second-order valence-electron chi connectivity index (χ2n) is 4.33. The zero-order chi connectivity index (χ0) is 13.1. The second kappa shape index (κ2) is 5.04. The third kappa shape index (κ3) is 2.97. The molecule has 96 valence electrons. The van der Waals surface area contributed by atoms with E-state index < -0.39 is 0 Å². The van der Waals surface area contributed by atoms with Gasteiger partial charge in [0.15, 0.2) is 5.89 Å². The summed E-state index contributed by atoms with van der Waals surface area (Å²) < 4.78 is 4.97. The van der Waals surface area contributed by atoms with Crippen LogP contribution in [-0.4, -0.2) is 15.0 Å². The molecule has 4 nitrogen and oxygen atoms in total. The van der Waals surface area contributed by atoms with Crippen LogP contribution in [0.2, 0.25) is 0 Å². The fourth-order valence-electron chi connectivity index (χ4n) is 1.72. The molecule has 0 aliphatic carbocycles. The summed E-state index contributed by atoms with van der Waals surface area (Å²) in [4.78, 5) is 11.3. The summed E-state index contributed by atoms with van der Waals surface area (Å²) in [5, 5.41) is 0. The average Bonchev–Trinajstić information content (AvgIpc) is 2.83. The minimum absolute atomic E-state index is 0. The lowest BCUT2D eigenvalue weighted by molar-refractivity contribution is 0.494. The number of hydrogen-bond donors (Lipinski definition) is 1. The summed E-state index contributed by atoms with van der Waals surface area (Å²) in [6.45, 7) is 7.75. The first kappa shape index (κ1) is 12.4. The van der Waals surface area contributed by atoms with E-state index in [0.29, 0.717) is 0 Å². The largest absolute Gasteiger partial charge is 0.446 e. The Hall–Kier alpha value is -2.10. The van der Waals surface area contributed by atoms with Crippen molar-refractivity contribution in [2.45, 2.75) is 27.7 Å². The summed E-state index contributed by atoms with van der Waals surface area (Å²) in [5.74, 6) is 2.58. The van der Waals surface area contributed by atoms with Crippen LogP contribution in [0.15, 0.2) is 28.8 Å². The van der Waals surface area contributed by atoms with Crippen LogP contribution >= 0.6 is 0 Å². The molecular formula is C14H19N3O. The Morgan fingerprint density at radius 3 is 2.50 bits per heavy atom. The Labute approximate surface area is 108 Å². The molecule has 0 bridgehead atoms. The first-order valence-corrected chi connectivity index (χ1v) is 5.86. The van der Waals surface area contributed by atoms with Crippen molar-refractivity contribution >= 4 is 11.0 Å². The first-order valence-electron chi connectivity index (χ1n) is 5.86. The van der Waals surface area contributed by atoms with E-state index in [2.05, 4.69) is 34.0 Å². The van der Waals surface area contributed by atoms with E-state index >= 15 is 0 Å². The van der Waals surface area contributed by atoms with Gasteiger partial charge in [-0.1, -0.05) is 6.07 Å². The Kier molecular flexibility index (Phi) is 3.46. The lowest BCUT2D eigenvalue weighted by atomic mass is 10.2. The topological polar surface area (TPSA) is 54.7 Å². The van der Waals surface area contributed by atoms with Crippen molar-refractivity contribution in [1.29, 1.82) is 0 Å². The number of hydrogen-bond acceptors (Lipinski definition) is 3. The molecule has 2 heterocycles. The zero-order valence-electron chi connectivity index (χ0n) is 11.1. The van der Waals surface area contributed by atoms with E-state index in [1.165, 1.54) is 5.56 Å². The summed E-state index contributed by atoms with van der Waals surface area (Å²) in [5.41, 5.74) is 3.44. The van der Waals surface area contributed by atoms with Crippen molar-refractivity contribution in [3.05, 3.63) is 47.4 Å². The Morgan fingerprint density at radius 1 is 1.17 bits per heavy atom. The fraction of sp³-hybridized carbons (Fsp3) is 0.286. The van der Waals surface area contributed by atoms with Crippen LogP contribution in [0.4, 0.5) is 0 Å². The number of rotatable bonds is 0. The van der Waals surface area contributed by atoms with Gasteiger partial charge < -0.3 is 9.40 Å². The van der Waals surface area contributed by atoms with Crippen molar-refractivity contribution in [3.8, 4) is 0 Å². The number of H-pyrrole nitrogens is 1. The van der Waals surface area contributed by atoms with E-state index in [0.717, 1.165) is 28.5 Å². The molecule has 0 saturated heterocycles. The van der Waals surface area contributed by atoms with Gasteiger partial charge in [-0.05, 0) is 38.5 Å². The highest BCUT2D eigenvalue weighted by atomic mass is 16.3. The van der Waals surface area contributed by atoms with Crippen molar-refractivity contribution in [1.82, 2.24) is 15.0 Å². The Morgan fingerprint density at radius 2 is 1.94 bits per heavy atom. The van der Waals surface area contributed by atoms with E-state index in [1.807, 2.05) is 26.8 Å². The molecule has 0 amide bonds. The molecule has 4 heteroatoms. The Balaban J connectivity index is 0.000000198. The molecule has 0 unspecified atom stereocenters. The number of nitrogens with zero attached hydrogens (tertiary/aromatic N) is 2. The number of benzene rings is 1. The van der Waals surface area contributed by atoms with Gasteiger partial charge in [-0.25, -0.2) is 9.97 Å². The number of imidazole rings is 1. The highest BCUT2D eigenvalue weighted by molar-refractivity contribution is 5.75. The van der Waals surface area contributed by atoms with Crippen LogP contribution in [0.1, 0.15) is 24.5 Å². The number of fused-ring (bicyclic) bond motifs is 1. The molecule has 0 aliphatic heterocycles. The molecule has 3 aromatic rings. The van der Waals surface area contributed by atoms with Gasteiger partial charge in [-0.15, -0.1) is 0 Å². The Bertz CT molecular complexity index is 641. The molecule has 1 aromatic carbocycles. The molecule has 18 heavy (non-hydrogen) atoms. The van der Waals surface area contributed by atoms with Crippen molar-refractivity contribution < 1.29 is 5.84 Å². The normalized spacial score (nSPS) is 10.2. The molecule has 0 saturated carbocycles. The summed E-state index contributed by atoms with van der Waals surface area (Å²) in [7, 11) is 0. The maximum absolute atomic E-state index is 4.97. The van der Waals surface area contributed by atoms with Crippen LogP contribution in [0.25, 0.3) is 11.0 Å². The van der Waals surface area contributed by atoms with Crippen LogP contribution in [-0.2, 0) is 0 Å². The predicted octanol–water partition coefficient (Wildman–Crippen LogP) is 3.72. The number of oxazole rings is 1. The van der Waals surface area contributed by atoms with Gasteiger partial charge in [-0.2, -0.15) is 0 Å². The third-order valence-electron chi connectivity index (χ3n) is 2.49. The highest BCUT2D eigenvalue weighted by Gasteiger charge is 1.96. The first-order chi connectivity index (χ1) is 8.54. The molecule has 0 radical (unpaired) electrons. The lowest BCUT2D eigenvalue weighted by Crippen LogP contribution is -1.71. The van der Waals surface area contributed by atoms with Crippen molar-refractivity contribution in [2.75, 3.05) is 0 Å². The zero-order valence-corrected chi connectivity index (χ0v) is 11.1. The minimum atomic E-state index is 0. The minimum Gasteiger partial charge on any atom is -0.446 e. The standard InChI is InChI=1S/C9H10N2.C5H7NO.H2/c1-6-3-4-8-9(5-6)11-7(2)10-8;1-4-3-6-5(2)7-4;/h3-5H,1-2H3,(H,10,11);3H,1-2H3;1H. The summed E-state index contributed by atoms with van der Waals surface area (Å²) in [6.07, 6.45) is 1.70. The van der Waals surface area contributed by atoms with Gasteiger partial charge in [0, 0.05) is 8.35 Å². The number of nitrogens with one attached hydrogen (secondary N) is 1. The SMILES string of the molecule is Cc1ccc2nc(C)[nH]c2c1.Cc1cnc(C)o1.[HH]. The van der Waals surface area contributed by atoms with Gasteiger partial charge in [0.25, 0.3) is 0 Å². The molecule has 0 aliphatic rings. The van der Waals surface area contributed by atoms with Gasteiger partial charge in [0.1, 0.15) is 11.6 Å². The lowest BCUT2D eigenvalue weighted by Gasteiger charge is -1.89. The quantitative estimate of drug-likeness (QED) is 0.656. The predicted molar refractivity (Wildman–Crippen MR) is 73.7 cm³/mol. The van der Waals surface area contributed by atoms with Gasteiger partial charge in [0.2, 0.25) is 0 Å². The van der Waals surface area contributed by atoms with Crippen LogP contribution in [0.3, 0.4) is 0 Å². The smallest absolute Gasteiger partial charge is 0.191 e. The summed E-state index contributed by atoms with van der Waals surface area (Å²) in [6, 6.07) is 6.21. The number of aromatic amines is 1. The van der Waals surface area contributed by atoms with Gasteiger partial charge in [-0.3, -0.25) is 0 Å². The maximum atomic E-state index is 4.97. The van der Waals surface area contributed by atoms with E-state index in [4.69, 9.17) is 4.42 Å². The highest BCUT2D eigenvalue weighted by Crippen LogP contribution is 2.12. The molecule has 0 fully saturated rings. The van der Waals surface area contributed by atoms with E-state index in [-0.39, 0.29) is 1.43 Å².